The number of halogens is 1. The van der Waals surface area contributed by atoms with Gasteiger partial charge in [-0.2, -0.15) is 0 Å². The first-order valence-electron chi connectivity index (χ1n) is 7.73. The van der Waals surface area contributed by atoms with Gasteiger partial charge in [-0.05, 0) is 12.5 Å². The number of primary amides is 1. The standard InChI is InChI=1S/C16H24N4O3.ClH/c1-10-3-2-4-11(5-10)13(20-16(17)23)6-15(22)19-8-12-7-18-9-14(12)21;/h2-5,12-14,18,21H,6-9H2,1H3,(H,19,22)(H3,17,20,23);1H. The fourth-order valence-electron chi connectivity index (χ4n) is 2.74. The van der Waals surface area contributed by atoms with Crippen molar-refractivity contribution in [3.63, 3.8) is 0 Å². The van der Waals surface area contributed by atoms with Crippen LogP contribution < -0.4 is 21.7 Å². The summed E-state index contributed by atoms with van der Waals surface area (Å²) in [5, 5.41) is 18.2. The Morgan fingerprint density at radius 3 is 2.75 bits per heavy atom. The SMILES string of the molecule is Cc1cccc(C(CC(=O)NCC2CNCC2O)NC(N)=O)c1.Cl. The second kappa shape index (κ2) is 9.46. The average Bonchev–Trinajstić information content (AvgIpc) is 2.89. The van der Waals surface area contributed by atoms with Crippen LogP contribution in [0.25, 0.3) is 0 Å². The molecule has 3 unspecified atom stereocenters. The first kappa shape index (κ1) is 20.2. The van der Waals surface area contributed by atoms with E-state index in [9.17, 15) is 14.7 Å². The van der Waals surface area contributed by atoms with Gasteiger partial charge in [-0.15, -0.1) is 12.4 Å². The minimum atomic E-state index is -0.667. The zero-order valence-corrected chi connectivity index (χ0v) is 14.4. The number of carbonyl (C=O) groups is 2. The first-order chi connectivity index (χ1) is 11.0. The monoisotopic (exact) mass is 356 g/mol. The van der Waals surface area contributed by atoms with Crippen LogP contribution in [0.15, 0.2) is 24.3 Å². The molecule has 1 heterocycles. The van der Waals surface area contributed by atoms with Crippen LogP contribution in [0.2, 0.25) is 0 Å². The Bertz CT molecular complexity index is 570. The summed E-state index contributed by atoms with van der Waals surface area (Å²) in [7, 11) is 0. The number of nitrogens with two attached hydrogens (primary N) is 1. The van der Waals surface area contributed by atoms with Crippen molar-refractivity contribution >= 4 is 24.3 Å². The van der Waals surface area contributed by atoms with Gasteiger partial charge in [0.25, 0.3) is 0 Å². The summed E-state index contributed by atoms with van der Waals surface area (Å²) >= 11 is 0. The summed E-state index contributed by atoms with van der Waals surface area (Å²) in [4.78, 5) is 23.3. The summed E-state index contributed by atoms with van der Waals surface area (Å²) in [5.41, 5.74) is 7.09. The second-order valence-electron chi connectivity index (χ2n) is 5.97. The molecule has 6 N–H and O–H groups in total. The highest BCUT2D eigenvalue weighted by Crippen LogP contribution is 2.18. The Morgan fingerprint density at radius 1 is 1.42 bits per heavy atom. The van der Waals surface area contributed by atoms with E-state index >= 15 is 0 Å². The van der Waals surface area contributed by atoms with Crippen LogP contribution in [0.5, 0.6) is 0 Å². The van der Waals surface area contributed by atoms with Crippen molar-refractivity contribution < 1.29 is 14.7 Å². The average molecular weight is 357 g/mol. The van der Waals surface area contributed by atoms with E-state index in [2.05, 4.69) is 16.0 Å². The van der Waals surface area contributed by atoms with Gasteiger partial charge in [-0.25, -0.2) is 4.79 Å². The van der Waals surface area contributed by atoms with Crippen LogP contribution in [0.4, 0.5) is 4.79 Å². The van der Waals surface area contributed by atoms with Crippen molar-refractivity contribution in [3.05, 3.63) is 35.4 Å². The lowest BCUT2D eigenvalue weighted by Crippen LogP contribution is -2.39. The highest BCUT2D eigenvalue weighted by Gasteiger charge is 2.25. The summed E-state index contributed by atoms with van der Waals surface area (Å²) < 4.78 is 0. The maximum absolute atomic E-state index is 12.2. The molecule has 24 heavy (non-hydrogen) atoms. The molecular formula is C16H25ClN4O3. The highest BCUT2D eigenvalue weighted by molar-refractivity contribution is 5.85. The maximum Gasteiger partial charge on any atom is 0.312 e. The molecule has 1 aromatic rings. The number of β-amino-alcohol motifs (C(OH)–C–C–N with tert-alkyl or cyclic N) is 1. The molecule has 1 saturated heterocycles. The van der Waals surface area contributed by atoms with E-state index in [0.29, 0.717) is 19.6 Å². The number of benzene rings is 1. The highest BCUT2D eigenvalue weighted by atomic mass is 35.5. The number of amides is 3. The molecule has 3 atom stereocenters. The van der Waals surface area contributed by atoms with E-state index in [-0.39, 0.29) is 30.7 Å². The quantitative estimate of drug-likeness (QED) is 0.501. The van der Waals surface area contributed by atoms with Gasteiger partial charge in [0, 0.05) is 25.6 Å². The van der Waals surface area contributed by atoms with Gasteiger partial charge in [0.2, 0.25) is 5.91 Å². The Morgan fingerprint density at radius 2 is 2.17 bits per heavy atom. The van der Waals surface area contributed by atoms with Crippen molar-refractivity contribution in [1.29, 1.82) is 0 Å². The second-order valence-corrected chi connectivity index (χ2v) is 5.97. The Hall–Kier alpha value is -1.83. The smallest absolute Gasteiger partial charge is 0.312 e. The molecule has 0 saturated carbocycles. The predicted octanol–water partition coefficient (Wildman–Crippen LogP) is 0.213. The third kappa shape index (κ3) is 5.99. The number of hydrogen-bond acceptors (Lipinski definition) is 4. The van der Waals surface area contributed by atoms with E-state index in [1.54, 1.807) is 0 Å². The predicted molar refractivity (Wildman–Crippen MR) is 93.9 cm³/mol. The van der Waals surface area contributed by atoms with Gasteiger partial charge in [-0.1, -0.05) is 29.8 Å². The molecule has 0 radical (unpaired) electrons. The topological polar surface area (TPSA) is 116 Å². The van der Waals surface area contributed by atoms with Gasteiger partial charge in [-0.3, -0.25) is 4.79 Å². The van der Waals surface area contributed by atoms with E-state index in [4.69, 9.17) is 5.73 Å². The van der Waals surface area contributed by atoms with E-state index < -0.39 is 18.2 Å². The number of aryl methyl sites for hydroxylation is 1. The van der Waals surface area contributed by atoms with Gasteiger partial charge < -0.3 is 26.8 Å². The molecule has 1 aliphatic rings. The van der Waals surface area contributed by atoms with Crippen LogP contribution >= 0.6 is 12.4 Å². The molecule has 3 amide bonds. The van der Waals surface area contributed by atoms with Gasteiger partial charge in [0.05, 0.1) is 18.6 Å². The molecule has 0 aromatic heterocycles. The number of nitrogens with one attached hydrogen (secondary N) is 3. The minimum Gasteiger partial charge on any atom is -0.391 e. The molecule has 0 aliphatic carbocycles. The van der Waals surface area contributed by atoms with E-state index in [1.807, 2.05) is 31.2 Å². The lowest BCUT2D eigenvalue weighted by atomic mass is 10.0. The van der Waals surface area contributed by atoms with Crippen LogP contribution in [0.1, 0.15) is 23.6 Å². The Kier molecular flexibility index (Phi) is 7.97. The van der Waals surface area contributed by atoms with Crippen molar-refractivity contribution in [2.45, 2.75) is 25.5 Å². The van der Waals surface area contributed by atoms with E-state index in [0.717, 1.165) is 11.1 Å². The molecule has 0 bridgehead atoms. The molecule has 2 rings (SSSR count). The zero-order chi connectivity index (χ0) is 16.8. The molecular weight excluding hydrogens is 332 g/mol. The number of urea groups is 1. The molecule has 134 valence electrons. The Labute approximate surface area is 147 Å². The van der Waals surface area contributed by atoms with Crippen LogP contribution in [0, 0.1) is 12.8 Å². The van der Waals surface area contributed by atoms with Crippen LogP contribution in [-0.2, 0) is 4.79 Å². The molecule has 0 spiro atoms. The summed E-state index contributed by atoms with van der Waals surface area (Å²) in [6.07, 6.45) is -0.338. The number of rotatable bonds is 6. The first-order valence-corrected chi connectivity index (χ1v) is 7.73. The van der Waals surface area contributed by atoms with Crippen molar-refractivity contribution in [1.82, 2.24) is 16.0 Å². The zero-order valence-electron chi connectivity index (χ0n) is 13.6. The third-order valence-corrected chi connectivity index (χ3v) is 4.02. The largest absolute Gasteiger partial charge is 0.391 e. The number of aliphatic hydroxyl groups excluding tert-OH is 1. The van der Waals surface area contributed by atoms with Crippen molar-refractivity contribution in [2.24, 2.45) is 11.7 Å². The maximum atomic E-state index is 12.2. The van der Waals surface area contributed by atoms with Gasteiger partial charge >= 0.3 is 6.03 Å². The lowest BCUT2D eigenvalue weighted by molar-refractivity contribution is -0.121. The molecule has 1 aliphatic heterocycles. The van der Waals surface area contributed by atoms with E-state index in [1.165, 1.54) is 0 Å². The number of carbonyl (C=O) groups excluding carboxylic acids is 2. The van der Waals surface area contributed by atoms with Crippen LogP contribution in [0.3, 0.4) is 0 Å². The molecule has 8 heteroatoms. The minimum absolute atomic E-state index is 0. The third-order valence-electron chi connectivity index (χ3n) is 4.02. The Balaban J connectivity index is 0.00000288. The number of hydrogen-bond donors (Lipinski definition) is 5. The summed E-state index contributed by atoms with van der Waals surface area (Å²) in [6, 6.07) is 6.45. The molecule has 1 fully saturated rings. The normalized spacial score (nSPS) is 20.8. The lowest BCUT2D eigenvalue weighted by Gasteiger charge is -2.19. The molecule has 7 nitrogen and oxygen atoms in total. The summed E-state index contributed by atoms with van der Waals surface area (Å²) in [6.45, 7) is 3.58. The van der Waals surface area contributed by atoms with Crippen LogP contribution in [-0.4, -0.2) is 42.8 Å². The van der Waals surface area contributed by atoms with Crippen molar-refractivity contribution in [3.8, 4) is 0 Å². The number of aliphatic hydroxyl groups is 1. The van der Waals surface area contributed by atoms with Gasteiger partial charge in [0.1, 0.15) is 0 Å². The van der Waals surface area contributed by atoms with Crippen molar-refractivity contribution in [2.75, 3.05) is 19.6 Å². The fourth-order valence-corrected chi connectivity index (χ4v) is 2.74. The summed E-state index contributed by atoms with van der Waals surface area (Å²) in [5.74, 6) is -0.176. The molecule has 1 aromatic carbocycles. The van der Waals surface area contributed by atoms with Gasteiger partial charge in [0.15, 0.2) is 0 Å². The fraction of sp³-hybridized carbons (Fsp3) is 0.500.